The number of anilines is 2. The van der Waals surface area contributed by atoms with Gasteiger partial charge in [0.1, 0.15) is 0 Å². The third-order valence-corrected chi connectivity index (χ3v) is 7.80. The number of carbonyl (C=O) groups is 1. The number of carbonyl (C=O) groups excluding carboxylic acids is 1. The van der Waals surface area contributed by atoms with Crippen molar-refractivity contribution < 1.29 is 9.53 Å². The first kappa shape index (κ1) is 20.5. The lowest BCUT2D eigenvalue weighted by Crippen LogP contribution is -2.36. The van der Waals surface area contributed by atoms with E-state index in [1.54, 1.807) is 22.7 Å². The standard InChI is InChI=1S/C23H26N4O2S2/c28-21(25-8-4-9-27(11-10-25)23-24-7-16-30-23)20-17-19(18-5-2-1-3-6-18)22(31-20)26-12-14-29-15-13-26/h1-3,5-7,16-17H,4,8-15H2. The Morgan fingerprint density at radius 3 is 2.58 bits per heavy atom. The molecule has 2 saturated heterocycles. The molecule has 0 radical (unpaired) electrons. The molecule has 0 N–H and O–H groups in total. The van der Waals surface area contributed by atoms with Crippen LogP contribution in [0.2, 0.25) is 0 Å². The topological polar surface area (TPSA) is 48.9 Å². The molecule has 2 fully saturated rings. The predicted molar refractivity (Wildman–Crippen MR) is 128 cm³/mol. The Balaban J connectivity index is 1.39. The number of thiazole rings is 1. The quantitative estimate of drug-likeness (QED) is 0.595. The molecule has 6 nitrogen and oxygen atoms in total. The molecule has 0 unspecified atom stereocenters. The Bertz CT molecular complexity index is 1000. The zero-order valence-electron chi connectivity index (χ0n) is 17.4. The zero-order chi connectivity index (χ0) is 21.0. The Hall–Kier alpha value is -2.42. The highest BCUT2D eigenvalue weighted by atomic mass is 32.1. The van der Waals surface area contributed by atoms with Gasteiger partial charge in [-0.15, -0.1) is 22.7 Å². The second kappa shape index (κ2) is 9.38. The van der Waals surface area contributed by atoms with Crippen molar-refractivity contribution in [1.29, 1.82) is 0 Å². The van der Waals surface area contributed by atoms with Gasteiger partial charge in [0.2, 0.25) is 0 Å². The summed E-state index contributed by atoms with van der Waals surface area (Å²) in [5.41, 5.74) is 2.31. The molecule has 4 heterocycles. The van der Waals surface area contributed by atoms with E-state index in [1.807, 2.05) is 22.5 Å². The van der Waals surface area contributed by atoms with Crippen LogP contribution in [0, 0.1) is 0 Å². The molecule has 0 bridgehead atoms. The molecule has 31 heavy (non-hydrogen) atoms. The van der Waals surface area contributed by atoms with E-state index < -0.39 is 0 Å². The van der Waals surface area contributed by atoms with Gasteiger partial charge in [-0.25, -0.2) is 4.98 Å². The second-order valence-electron chi connectivity index (χ2n) is 7.74. The number of hydrogen-bond donors (Lipinski definition) is 0. The summed E-state index contributed by atoms with van der Waals surface area (Å²) in [5, 5.41) is 4.23. The summed E-state index contributed by atoms with van der Waals surface area (Å²) in [6.45, 7) is 6.46. The van der Waals surface area contributed by atoms with Crippen LogP contribution < -0.4 is 9.80 Å². The Kier molecular flexibility index (Phi) is 6.20. The average Bonchev–Trinajstić information content (AvgIpc) is 3.46. The SMILES string of the molecule is O=C(c1cc(-c2ccccc2)c(N2CCOCC2)s1)N1CCCN(c2nccs2)CC1. The highest BCUT2D eigenvalue weighted by Crippen LogP contribution is 2.40. The van der Waals surface area contributed by atoms with Gasteiger partial charge < -0.3 is 19.4 Å². The fraction of sp³-hybridized carbons (Fsp3) is 0.391. The summed E-state index contributed by atoms with van der Waals surface area (Å²) in [6, 6.07) is 12.5. The fourth-order valence-electron chi connectivity index (χ4n) is 4.15. The van der Waals surface area contributed by atoms with Crippen LogP contribution in [0.3, 0.4) is 0 Å². The largest absolute Gasteiger partial charge is 0.378 e. The number of ether oxygens (including phenoxy) is 1. The van der Waals surface area contributed by atoms with Crippen LogP contribution in [0.1, 0.15) is 16.1 Å². The van der Waals surface area contributed by atoms with Crippen LogP contribution in [0.4, 0.5) is 10.1 Å². The summed E-state index contributed by atoms with van der Waals surface area (Å²) in [5.74, 6) is 0.141. The number of amides is 1. The van der Waals surface area contributed by atoms with Crippen molar-refractivity contribution in [3.05, 3.63) is 52.9 Å². The lowest BCUT2D eigenvalue weighted by molar-refractivity contribution is 0.0772. The van der Waals surface area contributed by atoms with Gasteiger partial charge in [-0.3, -0.25) is 4.79 Å². The number of hydrogen-bond acceptors (Lipinski definition) is 7. The van der Waals surface area contributed by atoms with Crippen molar-refractivity contribution in [3.8, 4) is 11.1 Å². The molecule has 1 aromatic carbocycles. The van der Waals surface area contributed by atoms with Gasteiger partial charge >= 0.3 is 0 Å². The van der Waals surface area contributed by atoms with Gasteiger partial charge in [0.25, 0.3) is 5.91 Å². The number of benzene rings is 1. The van der Waals surface area contributed by atoms with E-state index in [0.29, 0.717) is 0 Å². The van der Waals surface area contributed by atoms with Crippen LogP contribution in [-0.4, -0.2) is 68.3 Å². The smallest absolute Gasteiger partial charge is 0.264 e. The number of thiophene rings is 1. The molecule has 0 saturated carbocycles. The lowest BCUT2D eigenvalue weighted by Gasteiger charge is -2.28. The Morgan fingerprint density at radius 2 is 1.81 bits per heavy atom. The average molecular weight is 455 g/mol. The van der Waals surface area contributed by atoms with E-state index in [2.05, 4.69) is 45.1 Å². The molecule has 8 heteroatoms. The normalized spacial score (nSPS) is 17.6. The van der Waals surface area contributed by atoms with Crippen LogP contribution in [0.5, 0.6) is 0 Å². The maximum Gasteiger partial charge on any atom is 0.264 e. The van der Waals surface area contributed by atoms with Gasteiger partial charge in [-0.2, -0.15) is 0 Å². The first-order valence-corrected chi connectivity index (χ1v) is 12.4. The van der Waals surface area contributed by atoms with Crippen molar-refractivity contribution in [2.24, 2.45) is 0 Å². The van der Waals surface area contributed by atoms with Crippen molar-refractivity contribution >= 4 is 38.7 Å². The molecule has 5 rings (SSSR count). The highest BCUT2D eigenvalue weighted by molar-refractivity contribution is 7.18. The molecule has 0 aliphatic carbocycles. The van der Waals surface area contributed by atoms with Crippen molar-refractivity contribution in [2.75, 3.05) is 62.3 Å². The van der Waals surface area contributed by atoms with E-state index in [1.165, 1.54) is 5.00 Å². The van der Waals surface area contributed by atoms with Crippen molar-refractivity contribution in [3.63, 3.8) is 0 Å². The number of nitrogens with zero attached hydrogens (tertiary/aromatic N) is 4. The molecule has 0 spiro atoms. The number of rotatable bonds is 4. The summed E-state index contributed by atoms with van der Waals surface area (Å²) in [4.78, 5) is 25.4. The third-order valence-electron chi connectivity index (χ3n) is 5.78. The van der Waals surface area contributed by atoms with Gasteiger partial charge in [0.05, 0.1) is 23.1 Å². The minimum Gasteiger partial charge on any atom is -0.378 e. The number of aromatic nitrogens is 1. The van der Waals surface area contributed by atoms with Crippen LogP contribution in [0.15, 0.2) is 48.0 Å². The molecule has 2 aliphatic heterocycles. The Labute approximate surface area is 190 Å². The maximum atomic E-state index is 13.5. The van der Waals surface area contributed by atoms with Crippen molar-refractivity contribution in [2.45, 2.75) is 6.42 Å². The molecular formula is C23H26N4O2S2. The molecule has 3 aromatic rings. The first-order valence-electron chi connectivity index (χ1n) is 10.8. The van der Waals surface area contributed by atoms with Crippen LogP contribution >= 0.6 is 22.7 Å². The van der Waals surface area contributed by atoms with Crippen molar-refractivity contribution in [1.82, 2.24) is 9.88 Å². The third kappa shape index (κ3) is 4.46. The van der Waals surface area contributed by atoms with E-state index in [4.69, 9.17) is 4.74 Å². The summed E-state index contributed by atoms with van der Waals surface area (Å²) >= 11 is 3.28. The molecule has 0 atom stereocenters. The van der Waals surface area contributed by atoms with E-state index in [9.17, 15) is 4.79 Å². The van der Waals surface area contributed by atoms with Gasteiger partial charge in [-0.1, -0.05) is 30.3 Å². The Morgan fingerprint density at radius 1 is 0.968 bits per heavy atom. The van der Waals surface area contributed by atoms with Gasteiger partial charge in [0.15, 0.2) is 5.13 Å². The van der Waals surface area contributed by atoms with E-state index in [-0.39, 0.29) is 5.91 Å². The number of morpholine rings is 1. The maximum absolute atomic E-state index is 13.5. The predicted octanol–water partition coefficient (Wildman–Crippen LogP) is 4.06. The molecular weight excluding hydrogens is 428 g/mol. The zero-order valence-corrected chi connectivity index (χ0v) is 19.0. The van der Waals surface area contributed by atoms with E-state index in [0.717, 1.165) is 80.0 Å². The highest BCUT2D eigenvalue weighted by Gasteiger charge is 2.26. The fourth-order valence-corrected chi connectivity index (χ4v) is 6.05. The second-order valence-corrected chi connectivity index (χ2v) is 9.65. The lowest BCUT2D eigenvalue weighted by atomic mass is 10.1. The summed E-state index contributed by atoms with van der Waals surface area (Å²) in [7, 11) is 0. The molecule has 162 valence electrons. The van der Waals surface area contributed by atoms with Gasteiger partial charge in [0, 0.05) is 56.4 Å². The van der Waals surface area contributed by atoms with Crippen LogP contribution in [-0.2, 0) is 4.74 Å². The molecule has 1 amide bonds. The van der Waals surface area contributed by atoms with Gasteiger partial charge in [-0.05, 0) is 18.1 Å². The monoisotopic (exact) mass is 454 g/mol. The first-order chi connectivity index (χ1) is 15.3. The van der Waals surface area contributed by atoms with Crippen LogP contribution in [0.25, 0.3) is 11.1 Å². The van der Waals surface area contributed by atoms with E-state index >= 15 is 0 Å². The minimum atomic E-state index is 0.141. The molecule has 2 aliphatic rings. The summed E-state index contributed by atoms with van der Waals surface area (Å²) in [6.07, 6.45) is 2.80. The minimum absolute atomic E-state index is 0.141. The summed E-state index contributed by atoms with van der Waals surface area (Å²) < 4.78 is 5.55. The molecule has 2 aromatic heterocycles.